The van der Waals surface area contributed by atoms with Crippen molar-refractivity contribution < 1.29 is 13.9 Å². The van der Waals surface area contributed by atoms with Crippen molar-refractivity contribution in [2.24, 2.45) is 4.99 Å². The van der Waals surface area contributed by atoms with Crippen molar-refractivity contribution >= 4 is 11.9 Å². The Morgan fingerprint density at radius 1 is 1.13 bits per heavy atom. The van der Waals surface area contributed by atoms with Crippen LogP contribution in [0.1, 0.15) is 54.3 Å². The van der Waals surface area contributed by atoms with Gasteiger partial charge in [-0.15, -0.1) is 0 Å². The van der Waals surface area contributed by atoms with E-state index in [9.17, 15) is 10.1 Å². The first-order chi connectivity index (χ1) is 18.6. The van der Waals surface area contributed by atoms with E-state index >= 15 is 0 Å². The smallest absolute Gasteiger partial charge is 0.255 e. The zero-order chi connectivity index (χ0) is 26.8. The topological polar surface area (TPSA) is 103 Å². The molecule has 0 spiro atoms. The van der Waals surface area contributed by atoms with E-state index in [2.05, 4.69) is 51.7 Å². The lowest BCUT2D eigenvalue weighted by molar-refractivity contribution is 0.0926. The molecule has 1 aromatic heterocycles. The number of ether oxygens (including phenoxy) is 1. The van der Waals surface area contributed by atoms with Gasteiger partial charge in [0.25, 0.3) is 5.91 Å². The van der Waals surface area contributed by atoms with Gasteiger partial charge in [0.05, 0.1) is 18.9 Å². The lowest BCUT2D eigenvalue weighted by Gasteiger charge is -2.44. The number of para-hydroxylation sites is 1. The first kappa shape index (κ1) is 26.8. The predicted octanol–water partition coefficient (Wildman–Crippen LogP) is 4.85. The molecule has 4 rings (SSSR count). The number of nitrogens with zero attached hydrogens (tertiary/aromatic N) is 3. The largest absolute Gasteiger partial charge is 0.496 e. The molecule has 1 heterocycles. The lowest BCUT2D eigenvalue weighted by atomic mass is 9.67. The van der Waals surface area contributed by atoms with Crippen LogP contribution in [-0.2, 0) is 12.0 Å². The molecule has 1 aliphatic carbocycles. The van der Waals surface area contributed by atoms with Gasteiger partial charge in [-0.25, -0.2) is 4.99 Å². The molecular weight excluding hydrogens is 478 g/mol. The first-order valence-corrected chi connectivity index (χ1v) is 13.1. The molecule has 8 heteroatoms. The Bertz CT molecular complexity index is 1240. The van der Waals surface area contributed by atoms with Gasteiger partial charge >= 0.3 is 0 Å². The molecule has 0 aliphatic heterocycles. The van der Waals surface area contributed by atoms with Gasteiger partial charge in [0.1, 0.15) is 18.1 Å². The third kappa shape index (κ3) is 6.17. The quantitative estimate of drug-likeness (QED) is 0.184. The minimum Gasteiger partial charge on any atom is -0.496 e. The molecule has 1 saturated carbocycles. The van der Waals surface area contributed by atoms with Crippen LogP contribution in [0.2, 0.25) is 0 Å². The predicted molar refractivity (Wildman–Crippen MR) is 147 cm³/mol. The third-order valence-corrected chi connectivity index (χ3v) is 7.42. The molecule has 0 radical (unpaired) electrons. The van der Waals surface area contributed by atoms with Crippen LogP contribution in [0.25, 0.3) is 0 Å². The second kappa shape index (κ2) is 12.8. The molecular formula is C30H35N5O3. The Hall–Kier alpha value is -4.25. The summed E-state index contributed by atoms with van der Waals surface area (Å²) in [5.74, 6) is 1.73. The van der Waals surface area contributed by atoms with E-state index in [1.807, 2.05) is 36.5 Å². The van der Waals surface area contributed by atoms with Crippen molar-refractivity contribution in [3.05, 3.63) is 89.9 Å². The number of amides is 1. The van der Waals surface area contributed by atoms with Gasteiger partial charge in [0.2, 0.25) is 5.96 Å². The number of hydrogen-bond donors (Lipinski definition) is 2. The van der Waals surface area contributed by atoms with Crippen molar-refractivity contribution in [1.82, 2.24) is 15.5 Å². The number of carbonyl (C=O) groups is 1. The normalized spacial score (nSPS) is 19.3. The minimum atomic E-state index is -0.191. The van der Waals surface area contributed by atoms with Gasteiger partial charge < -0.3 is 19.4 Å². The van der Waals surface area contributed by atoms with E-state index < -0.39 is 0 Å². The van der Waals surface area contributed by atoms with Crippen molar-refractivity contribution in [2.75, 3.05) is 20.2 Å². The molecule has 0 bridgehead atoms. The Labute approximate surface area is 224 Å². The highest BCUT2D eigenvalue weighted by molar-refractivity contribution is 5.97. The maximum Gasteiger partial charge on any atom is 0.255 e. The number of benzene rings is 2. The van der Waals surface area contributed by atoms with Gasteiger partial charge in [-0.1, -0.05) is 42.5 Å². The van der Waals surface area contributed by atoms with Crippen LogP contribution in [0, 0.1) is 11.5 Å². The molecule has 8 nitrogen and oxygen atoms in total. The summed E-state index contributed by atoms with van der Waals surface area (Å²) in [7, 11) is 1.58. The molecule has 1 amide bonds. The van der Waals surface area contributed by atoms with Crippen LogP contribution >= 0.6 is 0 Å². The molecule has 0 unspecified atom stereocenters. The maximum atomic E-state index is 13.1. The molecule has 0 saturated heterocycles. The van der Waals surface area contributed by atoms with E-state index in [-0.39, 0.29) is 17.4 Å². The Kier molecular flexibility index (Phi) is 9.04. The summed E-state index contributed by atoms with van der Waals surface area (Å²) < 4.78 is 10.8. The minimum absolute atomic E-state index is 0.138. The number of hydrogen-bond acceptors (Lipinski definition) is 5. The summed E-state index contributed by atoms with van der Waals surface area (Å²) in [4.78, 5) is 20.0. The fraction of sp³-hybridized carbons (Fsp3) is 0.367. The zero-order valence-corrected chi connectivity index (χ0v) is 22.0. The summed E-state index contributed by atoms with van der Waals surface area (Å²) in [5.41, 5.74) is 1.57. The number of furan rings is 1. The van der Waals surface area contributed by atoms with Crippen LogP contribution in [0.4, 0.5) is 0 Å². The average Bonchev–Trinajstić information content (AvgIpc) is 3.50. The SMILES string of the molecule is CCN(C(=NCc1ccco1)NC#N)C1CCC(CNC(=O)c2ccccc2OC)(c2ccccc2)CC1. The number of aliphatic imine (C=N–C) groups is 1. The average molecular weight is 514 g/mol. The molecule has 38 heavy (non-hydrogen) atoms. The second-order valence-corrected chi connectivity index (χ2v) is 9.50. The Morgan fingerprint density at radius 2 is 1.87 bits per heavy atom. The monoisotopic (exact) mass is 513 g/mol. The molecule has 3 aromatic rings. The van der Waals surface area contributed by atoms with Crippen molar-refractivity contribution in [3.8, 4) is 11.9 Å². The lowest BCUT2D eigenvalue weighted by Crippen LogP contribution is -2.51. The van der Waals surface area contributed by atoms with E-state index in [0.717, 1.165) is 38.0 Å². The van der Waals surface area contributed by atoms with Gasteiger partial charge in [0.15, 0.2) is 6.19 Å². The molecule has 2 N–H and O–H groups in total. The number of nitrogens with one attached hydrogen (secondary N) is 2. The first-order valence-electron chi connectivity index (χ1n) is 13.1. The van der Waals surface area contributed by atoms with E-state index in [0.29, 0.717) is 30.4 Å². The van der Waals surface area contributed by atoms with Gasteiger partial charge in [-0.05, 0) is 62.4 Å². The fourth-order valence-electron chi connectivity index (χ4n) is 5.39. The summed E-state index contributed by atoms with van der Waals surface area (Å²) >= 11 is 0. The summed E-state index contributed by atoms with van der Waals surface area (Å²) in [6.07, 6.45) is 7.25. The van der Waals surface area contributed by atoms with Crippen molar-refractivity contribution in [1.29, 1.82) is 5.26 Å². The van der Waals surface area contributed by atoms with Crippen LogP contribution in [0.15, 0.2) is 82.4 Å². The van der Waals surface area contributed by atoms with Crippen LogP contribution in [0.5, 0.6) is 5.75 Å². The highest BCUT2D eigenvalue weighted by Crippen LogP contribution is 2.40. The molecule has 1 fully saturated rings. The third-order valence-electron chi connectivity index (χ3n) is 7.42. The van der Waals surface area contributed by atoms with Crippen molar-refractivity contribution in [3.63, 3.8) is 0 Å². The summed E-state index contributed by atoms with van der Waals surface area (Å²) in [6, 6.07) is 21.6. The van der Waals surface area contributed by atoms with Gasteiger partial charge in [0, 0.05) is 24.5 Å². The summed E-state index contributed by atoms with van der Waals surface area (Å²) in [5, 5.41) is 15.4. The number of guanidine groups is 1. The number of methoxy groups -OCH3 is 1. The summed E-state index contributed by atoms with van der Waals surface area (Å²) in [6.45, 7) is 3.69. The number of rotatable bonds is 9. The van der Waals surface area contributed by atoms with Crippen LogP contribution < -0.4 is 15.4 Å². The van der Waals surface area contributed by atoms with Crippen LogP contribution in [0.3, 0.4) is 0 Å². The standard InChI is InChI=1S/C30H35N5O3/c1-3-35(29(34-22-31)32-20-25-12-9-19-38-25)24-15-17-30(18-16-24,23-10-5-4-6-11-23)21-33-28(36)26-13-7-8-14-27(26)37-2/h4-14,19,24H,3,15-18,20-21H2,1-2H3,(H,32,34)(H,33,36). The van der Waals surface area contributed by atoms with Crippen molar-refractivity contribution in [2.45, 2.75) is 50.6 Å². The molecule has 0 atom stereocenters. The number of nitriles is 1. The van der Waals surface area contributed by atoms with Gasteiger partial charge in [-0.2, -0.15) is 5.26 Å². The Balaban J connectivity index is 1.50. The van der Waals surface area contributed by atoms with E-state index in [4.69, 9.17) is 9.15 Å². The van der Waals surface area contributed by atoms with Crippen LogP contribution in [-0.4, -0.2) is 43.0 Å². The van der Waals surface area contributed by atoms with Gasteiger partial charge in [-0.3, -0.25) is 10.1 Å². The fourth-order valence-corrected chi connectivity index (χ4v) is 5.39. The zero-order valence-electron chi connectivity index (χ0n) is 22.0. The highest BCUT2D eigenvalue weighted by atomic mass is 16.5. The molecule has 198 valence electrons. The number of carbonyl (C=O) groups excluding carboxylic acids is 1. The van der Waals surface area contributed by atoms with E-state index in [1.165, 1.54) is 5.56 Å². The second-order valence-electron chi connectivity index (χ2n) is 9.50. The Morgan fingerprint density at radius 3 is 2.53 bits per heavy atom. The highest BCUT2D eigenvalue weighted by Gasteiger charge is 2.39. The molecule has 1 aliphatic rings. The van der Waals surface area contributed by atoms with E-state index in [1.54, 1.807) is 25.5 Å². The molecule has 2 aromatic carbocycles. The maximum absolute atomic E-state index is 13.1.